The molecule has 0 bridgehead atoms. The summed E-state index contributed by atoms with van der Waals surface area (Å²) in [6.45, 7) is 2.27. The van der Waals surface area contributed by atoms with Gasteiger partial charge in [-0.1, -0.05) is 0 Å². The third-order valence-corrected chi connectivity index (χ3v) is 5.35. The van der Waals surface area contributed by atoms with E-state index in [2.05, 4.69) is 30.4 Å². The van der Waals surface area contributed by atoms with Gasteiger partial charge in [0.05, 0.1) is 5.37 Å². The maximum absolute atomic E-state index is 5.80. The van der Waals surface area contributed by atoms with Gasteiger partial charge in [0, 0.05) is 42.2 Å². The SMILES string of the molecule is CC1SC(C2CC2NC2CC(N)C2)=CN1C. The molecule has 3 unspecified atom stereocenters. The van der Waals surface area contributed by atoms with Crippen molar-refractivity contribution in [1.82, 2.24) is 10.2 Å². The predicted molar refractivity (Wildman–Crippen MR) is 68.9 cm³/mol. The molecule has 0 amide bonds. The molecule has 2 fully saturated rings. The predicted octanol–water partition coefficient (Wildman–Crippen LogP) is 1.32. The Morgan fingerprint density at radius 3 is 2.75 bits per heavy atom. The van der Waals surface area contributed by atoms with E-state index in [9.17, 15) is 0 Å². The first kappa shape index (κ1) is 10.9. The normalized spacial score (nSPS) is 46.6. The van der Waals surface area contributed by atoms with Crippen LogP contribution >= 0.6 is 11.8 Å². The molecule has 16 heavy (non-hydrogen) atoms. The number of rotatable bonds is 3. The van der Waals surface area contributed by atoms with Crippen molar-refractivity contribution in [3.63, 3.8) is 0 Å². The summed E-state index contributed by atoms with van der Waals surface area (Å²) in [5, 5.41) is 4.34. The largest absolute Gasteiger partial charge is 0.368 e. The van der Waals surface area contributed by atoms with E-state index in [-0.39, 0.29) is 0 Å². The Morgan fingerprint density at radius 2 is 2.19 bits per heavy atom. The van der Waals surface area contributed by atoms with E-state index in [1.54, 1.807) is 4.91 Å². The Balaban J connectivity index is 1.48. The van der Waals surface area contributed by atoms with E-state index in [1.807, 2.05) is 11.8 Å². The zero-order valence-electron chi connectivity index (χ0n) is 10.0. The fourth-order valence-electron chi connectivity index (χ4n) is 2.59. The van der Waals surface area contributed by atoms with Crippen molar-refractivity contribution < 1.29 is 0 Å². The van der Waals surface area contributed by atoms with Gasteiger partial charge in [-0.3, -0.25) is 0 Å². The third-order valence-electron chi connectivity index (χ3n) is 3.99. The Hall–Kier alpha value is -0.190. The maximum atomic E-state index is 5.80. The minimum absolute atomic E-state index is 0.459. The van der Waals surface area contributed by atoms with Gasteiger partial charge in [-0.05, 0) is 26.2 Å². The quantitative estimate of drug-likeness (QED) is 0.779. The van der Waals surface area contributed by atoms with Gasteiger partial charge in [-0.15, -0.1) is 11.8 Å². The second kappa shape index (κ2) is 3.93. The van der Waals surface area contributed by atoms with Crippen molar-refractivity contribution in [3.8, 4) is 0 Å². The summed E-state index contributed by atoms with van der Waals surface area (Å²) in [6.07, 6.45) is 6.00. The number of nitrogens with one attached hydrogen (secondary N) is 1. The van der Waals surface area contributed by atoms with Gasteiger partial charge in [-0.2, -0.15) is 0 Å². The average Bonchev–Trinajstić information content (AvgIpc) is 2.86. The summed E-state index contributed by atoms with van der Waals surface area (Å²) in [6, 6.07) is 1.89. The van der Waals surface area contributed by atoms with Gasteiger partial charge < -0.3 is 16.0 Å². The van der Waals surface area contributed by atoms with Crippen LogP contribution in [0.3, 0.4) is 0 Å². The van der Waals surface area contributed by atoms with Crippen LogP contribution in [0, 0.1) is 5.92 Å². The smallest absolute Gasteiger partial charge is 0.0757 e. The van der Waals surface area contributed by atoms with E-state index in [0.717, 1.165) is 12.0 Å². The Morgan fingerprint density at radius 1 is 1.44 bits per heavy atom. The molecule has 1 aliphatic heterocycles. The molecule has 3 N–H and O–H groups in total. The molecule has 3 nitrogen and oxygen atoms in total. The number of hydrogen-bond acceptors (Lipinski definition) is 4. The molecule has 1 heterocycles. The minimum Gasteiger partial charge on any atom is -0.368 e. The lowest BCUT2D eigenvalue weighted by molar-refractivity contribution is 0.288. The van der Waals surface area contributed by atoms with Gasteiger partial charge in [0.2, 0.25) is 0 Å². The van der Waals surface area contributed by atoms with Crippen molar-refractivity contribution in [2.75, 3.05) is 7.05 Å². The topological polar surface area (TPSA) is 41.3 Å². The lowest BCUT2D eigenvalue weighted by atomic mass is 9.87. The van der Waals surface area contributed by atoms with Crippen LogP contribution in [0.4, 0.5) is 0 Å². The summed E-state index contributed by atoms with van der Waals surface area (Å²) in [5.74, 6) is 0.786. The van der Waals surface area contributed by atoms with Gasteiger partial charge in [0.1, 0.15) is 0 Å². The summed E-state index contributed by atoms with van der Waals surface area (Å²) >= 11 is 2.02. The van der Waals surface area contributed by atoms with Crippen LogP contribution < -0.4 is 11.1 Å². The summed E-state index contributed by atoms with van der Waals surface area (Å²) in [7, 11) is 2.17. The monoisotopic (exact) mass is 239 g/mol. The minimum atomic E-state index is 0.459. The molecule has 0 aromatic carbocycles. The average molecular weight is 239 g/mol. The van der Waals surface area contributed by atoms with E-state index < -0.39 is 0 Å². The van der Waals surface area contributed by atoms with Crippen LogP contribution in [0.25, 0.3) is 0 Å². The summed E-state index contributed by atoms with van der Waals surface area (Å²) in [4.78, 5) is 3.89. The molecule has 4 heteroatoms. The van der Waals surface area contributed by atoms with Crippen LogP contribution in [-0.4, -0.2) is 35.4 Å². The number of nitrogens with two attached hydrogens (primary N) is 1. The zero-order chi connectivity index (χ0) is 11.3. The highest BCUT2D eigenvalue weighted by Crippen LogP contribution is 2.48. The number of nitrogens with zero attached hydrogens (tertiary/aromatic N) is 1. The van der Waals surface area contributed by atoms with Gasteiger partial charge in [0.25, 0.3) is 0 Å². The van der Waals surface area contributed by atoms with Crippen molar-refractivity contribution in [2.45, 2.75) is 49.7 Å². The highest BCUT2D eigenvalue weighted by Gasteiger charge is 2.44. The van der Waals surface area contributed by atoms with Crippen molar-refractivity contribution in [2.24, 2.45) is 11.7 Å². The fraction of sp³-hybridized carbons (Fsp3) is 0.833. The highest BCUT2D eigenvalue weighted by molar-refractivity contribution is 8.03. The molecule has 0 aromatic heterocycles. The number of thioether (sulfide) groups is 1. The molecule has 0 radical (unpaired) electrons. The van der Waals surface area contributed by atoms with Crippen LogP contribution in [0.5, 0.6) is 0 Å². The molecule has 2 saturated carbocycles. The maximum Gasteiger partial charge on any atom is 0.0757 e. The van der Waals surface area contributed by atoms with Crippen LogP contribution in [-0.2, 0) is 0 Å². The first-order valence-corrected chi connectivity index (χ1v) is 7.13. The summed E-state index contributed by atoms with van der Waals surface area (Å²) in [5.41, 5.74) is 5.80. The third kappa shape index (κ3) is 1.98. The molecular formula is C12H21N3S. The Kier molecular flexibility index (Phi) is 2.68. The molecular weight excluding hydrogens is 218 g/mol. The molecule has 0 saturated heterocycles. The van der Waals surface area contributed by atoms with Crippen LogP contribution in [0.1, 0.15) is 26.2 Å². The molecule has 0 spiro atoms. The first-order chi connectivity index (χ1) is 7.63. The van der Waals surface area contributed by atoms with E-state index in [0.29, 0.717) is 17.5 Å². The highest BCUT2D eigenvalue weighted by atomic mass is 32.2. The second-order valence-electron chi connectivity index (χ2n) is 5.46. The van der Waals surface area contributed by atoms with E-state index >= 15 is 0 Å². The fourth-order valence-corrected chi connectivity index (χ4v) is 3.88. The molecule has 90 valence electrons. The molecule has 2 aliphatic carbocycles. The lowest BCUT2D eigenvalue weighted by Crippen LogP contribution is -2.49. The Labute approximate surface area is 102 Å². The van der Waals surface area contributed by atoms with Gasteiger partial charge in [0.15, 0.2) is 0 Å². The van der Waals surface area contributed by atoms with Gasteiger partial charge in [-0.25, -0.2) is 0 Å². The summed E-state index contributed by atoms with van der Waals surface area (Å²) < 4.78 is 0. The van der Waals surface area contributed by atoms with Crippen LogP contribution in [0.2, 0.25) is 0 Å². The van der Waals surface area contributed by atoms with Crippen molar-refractivity contribution >= 4 is 11.8 Å². The lowest BCUT2D eigenvalue weighted by Gasteiger charge is -2.33. The number of hydrogen-bond donors (Lipinski definition) is 2. The molecule has 3 rings (SSSR count). The zero-order valence-corrected chi connectivity index (χ0v) is 10.8. The van der Waals surface area contributed by atoms with E-state index in [1.165, 1.54) is 19.3 Å². The van der Waals surface area contributed by atoms with Crippen molar-refractivity contribution in [3.05, 3.63) is 11.1 Å². The van der Waals surface area contributed by atoms with E-state index in [4.69, 9.17) is 5.73 Å². The molecule has 3 aliphatic rings. The standard InChI is InChI=1S/C12H21N3S/c1-7-15(2)6-12(16-7)10-5-11(10)14-9-3-8(13)4-9/h6-11,14H,3-5,13H2,1-2H3. The second-order valence-corrected chi connectivity index (χ2v) is 6.85. The Bertz CT molecular complexity index is 311. The molecule has 0 aromatic rings. The van der Waals surface area contributed by atoms with Crippen LogP contribution in [0.15, 0.2) is 11.1 Å². The molecule has 3 atom stereocenters. The van der Waals surface area contributed by atoms with Crippen molar-refractivity contribution in [1.29, 1.82) is 0 Å². The van der Waals surface area contributed by atoms with Gasteiger partial charge >= 0.3 is 0 Å². The first-order valence-electron chi connectivity index (χ1n) is 6.25.